The van der Waals surface area contributed by atoms with E-state index in [1.54, 1.807) is 10.9 Å². The number of amides is 1. The average Bonchev–Trinajstić information content (AvgIpc) is 3.02. The van der Waals surface area contributed by atoms with E-state index < -0.39 is 5.54 Å². The van der Waals surface area contributed by atoms with E-state index in [1.165, 1.54) is 0 Å². The largest absolute Gasteiger partial charge is 0.344 e. The van der Waals surface area contributed by atoms with Gasteiger partial charge in [-0.15, -0.1) is 29.9 Å². The zero-order chi connectivity index (χ0) is 19.6. The number of fused-ring (bicyclic) bond motifs is 1. The minimum Gasteiger partial charge on any atom is -0.344 e. The lowest BCUT2D eigenvalue weighted by Crippen LogP contribution is -2.52. The van der Waals surface area contributed by atoms with E-state index in [0.29, 0.717) is 23.9 Å². The number of carbonyl (C=O) groups excluding carboxylic acids is 1. The number of aromatic nitrogens is 4. The highest BCUT2D eigenvalue weighted by atomic mass is 35.5. The Morgan fingerprint density at radius 3 is 2.66 bits per heavy atom. The second-order valence-corrected chi connectivity index (χ2v) is 7.63. The minimum absolute atomic E-state index is 0. The molecule has 3 aromatic rings. The number of nitrogens with one attached hydrogen (secondary N) is 1. The number of hydrogen-bond donors (Lipinski definition) is 2. The van der Waals surface area contributed by atoms with Crippen LogP contribution in [-0.2, 0) is 0 Å². The Labute approximate surface area is 183 Å². The van der Waals surface area contributed by atoms with Crippen molar-refractivity contribution in [1.29, 1.82) is 0 Å². The summed E-state index contributed by atoms with van der Waals surface area (Å²) in [5.74, 6) is 0.164. The molecule has 158 valence electrons. The third kappa shape index (κ3) is 5.44. The van der Waals surface area contributed by atoms with Crippen LogP contribution >= 0.6 is 24.8 Å². The van der Waals surface area contributed by atoms with E-state index in [4.69, 9.17) is 5.73 Å². The first-order chi connectivity index (χ1) is 12.8. The maximum Gasteiger partial charge on any atom is 0.274 e. The SMILES string of the molecule is Cc1c(C(=O)NC(C)(CN)CC(C)C)nnn1-c1ccc2ncccc2c1.Cl.Cl. The molecule has 1 aromatic carbocycles. The summed E-state index contributed by atoms with van der Waals surface area (Å²) in [6.07, 6.45) is 2.55. The Bertz CT molecular complexity index is 975. The number of pyridine rings is 1. The second kappa shape index (κ2) is 10.0. The molecule has 0 saturated carbocycles. The van der Waals surface area contributed by atoms with Crippen LogP contribution in [0.3, 0.4) is 0 Å². The number of benzene rings is 1. The second-order valence-electron chi connectivity index (χ2n) is 7.63. The normalized spacial score (nSPS) is 12.8. The predicted molar refractivity (Wildman–Crippen MR) is 120 cm³/mol. The van der Waals surface area contributed by atoms with E-state index in [2.05, 4.69) is 34.5 Å². The molecule has 0 spiro atoms. The molecule has 0 saturated heterocycles. The first-order valence-corrected chi connectivity index (χ1v) is 9.13. The van der Waals surface area contributed by atoms with Gasteiger partial charge in [0, 0.05) is 18.1 Å². The van der Waals surface area contributed by atoms with Crippen LogP contribution in [0.5, 0.6) is 0 Å². The van der Waals surface area contributed by atoms with Crippen molar-refractivity contribution >= 4 is 41.6 Å². The molecule has 2 heterocycles. The molecule has 3 rings (SSSR count). The van der Waals surface area contributed by atoms with Crippen molar-refractivity contribution in [2.24, 2.45) is 11.7 Å². The van der Waals surface area contributed by atoms with Crippen LogP contribution in [-0.4, -0.2) is 38.0 Å². The van der Waals surface area contributed by atoms with Crippen molar-refractivity contribution in [3.8, 4) is 5.69 Å². The Hall–Kier alpha value is -2.22. The van der Waals surface area contributed by atoms with Gasteiger partial charge in [-0.25, -0.2) is 4.68 Å². The molecular formula is C20H28Cl2N6O. The lowest BCUT2D eigenvalue weighted by molar-refractivity contribution is 0.0892. The predicted octanol–water partition coefficient (Wildman–Crippen LogP) is 3.46. The van der Waals surface area contributed by atoms with Crippen molar-refractivity contribution < 1.29 is 4.79 Å². The summed E-state index contributed by atoms with van der Waals surface area (Å²) in [6, 6.07) is 9.71. The van der Waals surface area contributed by atoms with Crippen LogP contribution in [0.25, 0.3) is 16.6 Å². The molecule has 0 fully saturated rings. The van der Waals surface area contributed by atoms with E-state index in [0.717, 1.165) is 23.0 Å². The fourth-order valence-electron chi connectivity index (χ4n) is 3.40. The number of nitrogens with two attached hydrogens (primary N) is 1. The molecule has 0 aliphatic heterocycles. The maximum atomic E-state index is 12.8. The molecule has 7 nitrogen and oxygen atoms in total. The molecule has 0 aliphatic rings. The maximum absolute atomic E-state index is 12.8. The molecule has 2 aromatic heterocycles. The Kier molecular flexibility index (Phi) is 8.56. The van der Waals surface area contributed by atoms with Crippen LogP contribution < -0.4 is 11.1 Å². The Morgan fingerprint density at radius 2 is 2.00 bits per heavy atom. The van der Waals surface area contributed by atoms with Crippen LogP contribution in [0.15, 0.2) is 36.5 Å². The van der Waals surface area contributed by atoms with Gasteiger partial charge in [-0.2, -0.15) is 0 Å². The van der Waals surface area contributed by atoms with Gasteiger partial charge in [0.25, 0.3) is 5.91 Å². The molecule has 0 bridgehead atoms. The Balaban J connectivity index is 0.00000210. The monoisotopic (exact) mass is 438 g/mol. The van der Waals surface area contributed by atoms with Crippen molar-refractivity contribution in [3.05, 3.63) is 47.9 Å². The van der Waals surface area contributed by atoms with E-state index in [9.17, 15) is 4.79 Å². The third-order valence-corrected chi connectivity index (χ3v) is 4.67. The van der Waals surface area contributed by atoms with Crippen molar-refractivity contribution in [2.75, 3.05) is 6.54 Å². The van der Waals surface area contributed by atoms with Gasteiger partial charge in [0.1, 0.15) is 0 Å². The summed E-state index contributed by atoms with van der Waals surface area (Å²) in [6.45, 7) is 8.37. The third-order valence-electron chi connectivity index (χ3n) is 4.67. The van der Waals surface area contributed by atoms with Crippen molar-refractivity contribution in [3.63, 3.8) is 0 Å². The number of halogens is 2. The van der Waals surface area contributed by atoms with Crippen LogP contribution in [0.2, 0.25) is 0 Å². The summed E-state index contributed by atoms with van der Waals surface area (Å²) in [5.41, 5.74) is 8.16. The molecule has 29 heavy (non-hydrogen) atoms. The highest BCUT2D eigenvalue weighted by Crippen LogP contribution is 2.20. The zero-order valence-electron chi connectivity index (χ0n) is 17.0. The quantitative estimate of drug-likeness (QED) is 0.613. The van der Waals surface area contributed by atoms with Gasteiger partial charge in [0.2, 0.25) is 0 Å². The number of nitrogens with zero attached hydrogens (tertiary/aromatic N) is 4. The lowest BCUT2D eigenvalue weighted by atomic mass is 9.90. The van der Waals surface area contributed by atoms with Gasteiger partial charge in [-0.05, 0) is 50.5 Å². The molecule has 1 amide bonds. The highest BCUT2D eigenvalue weighted by molar-refractivity contribution is 5.94. The highest BCUT2D eigenvalue weighted by Gasteiger charge is 2.28. The summed E-state index contributed by atoms with van der Waals surface area (Å²) < 4.78 is 1.67. The summed E-state index contributed by atoms with van der Waals surface area (Å²) in [7, 11) is 0. The molecular weight excluding hydrogens is 411 g/mol. The topological polar surface area (TPSA) is 98.7 Å². The smallest absolute Gasteiger partial charge is 0.274 e. The lowest BCUT2D eigenvalue weighted by Gasteiger charge is -2.30. The van der Waals surface area contributed by atoms with Crippen LogP contribution in [0.4, 0.5) is 0 Å². The molecule has 0 aliphatic carbocycles. The first kappa shape index (κ1) is 24.8. The zero-order valence-corrected chi connectivity index (χ0v) is 18.7. The molecule has 1 atom stereocenters. The number of hydrogen-bond acceptors (Lipinski definition) is 5. The van der Waals surface area contributed by atoms with Gasteiger partial charge >= 0.3 is 0 Å². The van der Waals surface area contributed by atoms with Gasteiger partial charge in [0.05, 0.1) is 22.4 Å². The van der Waals surface area contributed by atoms with Gasteiger partial charge in [0.15, 0.2) is 5.69 Å². The molecule has 3 N–H and O–H groups in total. The van der Waals surface area contributed by atoms with Crippen LogP contribution in [0.1, 0.15) is 43.4 Å². The molecule has 0 radical (unpaired) electrons. The average molecular weight is 439 g/mol. The van der Waals surface area contributed by atoms with Crippen molar-refractivity contribution in [1.82, 2.24) is 25.3 Å². The number of rotatable bonds is 6. The van der Waals surface area contributed by atoms with Crippen molar-refractivity contribution in [2.45, 2.75) is 39.7 Å². The molecule has 9 heteroatoms. The van der Waals surface area contributed by atoms with E-state index in [-0.39, 0.29) is 30.7 Å². The summed E-state index contributed by atoms with van der Waals surface area (Å²) in [4.78, 5) is 17.1. The van der Waals surface area contributed by atoms with E-state index in [1.807, 2.05) is 44.2 Å². The summed E-state index contributed by atoms with van der Waals surface area (Å²) >= 11 is 0. The van der Waals surface area contributed by atoms with Gasteiger partial charge in [-0.3, -0.25) is 9.78 Å². The standard InChI is InChI=1S/C20H26N6O.2ClH/c1-13(2)11-20(4,12-21)23-19(27)18-14(3)26(25-24-18)16-7-8-17-15(10-16)6-5-9-22-17;;/h5-10,13H,11-12,21H2,1-4H3,(H,23,27);2*1H. The summed E-state index contributed by atoms with van der Waals surface area (Å²) in [5, 5.41) is 12.3. The fraction of sp³-hybridized carbons (Fsp3) is 0.400. The van der Waals surface area contributed by atoms with E-state index >= 15 is 0 Å². The number of carbonyl (C=O) groups is 1. The van der Waals surface area contributed by atoms with Gasteiger partial charge < -0.3 is 11.1 Å². The van der Waals surface area contributed by atoms with Crippen LogP contribution in [0, 0.1) is 12.8 Å². The Morgan fingerprint density at radius 1 is 1.28 bits per heavy atom. The molecule has 1 unspecified atom stereocenters. The first-order valence-electron chi connectivity index (χ1n) is 9.13. The van der Waals surface area contributed by atoms with Gasteiger partial charge in [-0.1, -0.05) is 25.1 Å². The fourth-order valence-corrected chi connectivity index (χ4v) is 3.40. The minimum atomic E-state index is -0.476.